The Hall–Kier alpha value is -2.82. The minimum atomic E-state index is -0.148. The van der Waals surface area contributed by atoms with Gasteiger partial charge in [-0.3, -0.25) is 9.36 Å². The fourth-order valence-corrected chi connectivity index (χ4v) is 2.56. The number of para-hydroxylation sites is 2. The highest BCUT2D eigenvalue weighted by molar-refractivity contribution is 6.02. The number of fused-ring (bicyclic) bond motifs is 1. The lowest BCUT2D eigenvalue weighted by Gasteiger charge is -2.10. The molecule has 0 radical (unpaired) electrons. The third-order valence-electron chi connectivity index (χ3n) is 3.65. The van der Waals surface area contributed by atoms with Crippen LogP contribution >= 0.6 is 0 Å². The van der Waals surface area contributed by atoms with E-state index in [9.17, 15) is 4.79 Å². The molecule has 0 bridgehead atoms. The SMILES string of the molecule is CCCOc1ccc(C(=O)n2c(C)nc3ccccc32)cc1N. The molecule has 0 saturated carbocycles. The van der Waals surface area contributed by atoms with Crippen LogP contribution in [0, 0.1) is 6.92 Å². The number of benzene rings is 2. The Morgan fingerprint density at radius 1 is 1.26 bits per heavy atom. The molecule has 3 rings (SSSR count). The van der Waals surface area contributed by atoms with Gasteiger partial charge < -0.3 is 10.5 Å². The van der Waals surface area contributed by atoms with Gasteiger partial charge in [0.05, 0.1) is 23.3 Å². The largest absolute Gasteiger partial charge is 0.491 e. The van der Waals surface area contributed by atoms with Crippen LogP contribution in [0.2, 0.25) is 0 Å². The average molecular weight is 309 g/mol. The molecule has 0 aliphatic rings. The Kier molecular flexibility index (Phi) is 4.02. The predicted octanol–water partition coefficient (Wildman–Crippen LogP) is 3.40. The minimum absolute atomic E-state index is 0.148. The molecule has 1 aromatic heterocycles. The highest BCUT2D eigenvalue weighted by Crippen LogP contribution is 2.24. The van der Waals surface area contributed by atoms with E-state index < -0.39 is 0 Å². The van der Waals surface area contributed by atoms with Crippen molar-refractivity contribution < 1.29 is 9.53 Å². The van der Waals surface area contributed by atoms with Crippen LogP contribution in [-0.2, 0) is 0 Å². The van der Waals surface area contributed by atoms with Crippen LogP contribution in [0.1, 0.15) is 29.5 Å². The van der Waals surface area contributed by atoms with Gasteiger partial charge in [-0.25, -0.2) is 4.98 Å². The summed E-state index contributed by atoms with van der Waals surface area (Å²) in [7, 11) is 0. The monoisotopic (exact) mass is 309 g/mol. The number of rotatable bonds is 4. The second-order valence-corrected chi connectivity index (χ2v) is 5.39. The van der Waals surface area contributed by atoms with Crippen molar-refractivity contribution in [2.45, 2.75) is 20.3 Å². The van der Waals surface area contributed by atoms with E-state index in [0.29, 0.717) is 29.4 Å². The smallest absolute Gasteiger partial charge is 0.263 e. The number of ether oxygens (including phenoxy) is 1. The molecule has 5 nitrogen and oxygen atoms in total. The summed E-state index contributed by atoms with van der Waals surface area (Å²) in [6, 6.07) is 12.7. The molecule has 5 heteroatoms. The molecule has 0 fully saturated rings. The second-order valence-electron chi connectivity index (χ2n) is 5.39. The van der Waals surface area contributed by atoms with Gasteiger partial charge in [-0.15, -0.1) is 0 Å². The van der Waals surface area contributed by atoms with Crippen LogP contribution in [0.3, 0.4) is 0 Å². The van der Waals surface area contributed by atoms with Crippen molar-refractivity contribution in [3.05, 3.63) is 53.9 Å². The zero-order chi connectivity index (χ0) is 16.4. The highest BCUT2D eigenvalue weighted by Gasteiger charge is 2.16. The highest BCUT2D eigenvalue weighted by atomic mass is 16.5. The summed E-state index contributed by atoms with van der Waals surface area (Å²) in [6.45, 7) is 4.45. The zero-order valence-electron chi connectivity index (χ0n) is 13.2. The van der Waals surface area contributed by atoms with Gasteiger partial charge >= 0.3 is 0 Å². The molecule has 118 valence electrons. The van der Waals surface area contributed by atoms with E-state index in [1.54, 1.807) is 22.8 Å². The van der Waals surface area contributed by atoms with Crippen molar-refractivity contribution in [2.75, 3.05) is 12.3 Å². The normalized spacial score (nSPS) is 10.9. The molecule has 0 spiro atoms. The van der Waals surface area contributed by atoms with Crippen molar-refractivity contribution >= 4 is 22.6 Å². The number of nitrogen functional groups attached to an aromatic ring is 1. The average Bonchev–Trinajstić information content (AvgIpc) is 2.88. The number of anilines is 1. The first-order chi connectivity index (χ1) is 11.1. The molecule has 0 aliphatic carbocycles. The lowest BCUT2D eigenvalue weighted by molar-refractivity contribution is 0.0962. The van der Waals surface area contributed by atoms with E-state index in [4.69, 9.17) is 10.5 Å². The van der Waals surface area contributed by atoms with Crippen molar-refractivity contribution in [1.29, 1.82) is 0 Å². The predicted molar refractivity (Wildman–Crippen MR) is 90.8 cm³/mol. The van der Waals surface area contributed by atoms with Crippen molar-refractivity contribution in [3.63, 3.8) is 0 Å². The van der Waals surface area contributed by atoms with Gasteiger partial charge in [0.2, 0.25) is 0 Å². The molecule has 0 amide bonds. The van der Waals surface area contributed by atoms with Gasteiger partial charge in [-0.05, 0) is 43.7 Å². The first-order valence-electron chi connectivity index (χ1n) is 7.63. The Balaban J connectivity index is 1.99. The van der Waals surface area contributed by atoms with Gasteiger partial charge in [-0.2, -0.15) is 0 Å². The third-order valence-corrected chi connectivity index (χ3v) is 3.65. The van der Waals surface area contributed by atoms with Crippen molar-refractivity contribution in [1.82, 2.24) is 9.55 Å². The lowest BCUT2D eigenvalue weighted by Crippen LogP contribution is -2.14. The Bertz CT molecular complexity index is 868. The van der Waals surface area contributed by atoms with Gasteiger partial charge in [0.25, 0.3) is 5.91 Å². The number of carbonyl (C=O) groups is 1. The molecule has 2 aromatic carbocycles. The fraction of sp³-hybridized carbons (Fsp3) is 0.222. The quantitative estimate of drug-likeness (QED) is 0.750. The van der Waals surface area contributed by atoms with Gasteiger partial charge in [0.1, 0.15) is 11.6 Å². The first-order valence-corrected chi connectivity index (χ1v) is 7.63. The number of aryl methyl sites for hydroxylation is 1. The third kappa shape index (κ3) is 2.77. The number of aromatic nitrogens is 2. The first kappa shape index (κ1) is 15.1. The minimum Gasteiger partial charge on any atom is -0.491 e. The summed E-state index contributed by atoms with van der Waals surface area (Å²) in [5, 5.41) is 0. The van der Waals surface area contributed by atoms with Gasteiger partial charge in [0.15, 0.2) is 0 Å². The molecule has 1 heterocycles. The number of carbonyl (C=O) groups excluding carboxylic acids is 1. The molecule has 23 heavy (non-hydrogen) atoms. The molecule has 0 saturated heterocycles. The zero-order valence-corrected chi connectivity index (χ0v) is 13.2. The number of nitrogens with zero attached hydrogens (tertiary/aromatic N) is 2. The maximum atomic E-state index is 12.8. The van der Waals surface area contributed by atoms with E-state index >= 15 is 0 Å². The van der Waals surface area contributed by atoms with E-state index in [2.05, 4.69) is 4.98 Å². The molecular formula is C18H19N3O2. The summed E-state index contributed by atoms with van der Waals surface area (Å²) in [4.78, 5) is 17.3. The van der Waals surface area contributed by atoms with Crippen LogP contribution < -0.4 is 10.5 Å². The van der Waals surface area contributed by atoms with E-state index in [0.717, 1.165) is 17.5 Å². The molecule has 0 aliphatic heterocycles. The number of imidazole rings is 1. The molecule has 2 N–H and O–H groups in total. The summed E-state index contributed by atoms with van der Waals surface area (Å²) < 4.78 is 7.16. The second kappa shape index (κ2) is 6.12. The van der Waals surface area contributed by atoms with Crippen molar-refractivity contribution in [3.8, 4) is 5.75 Å². The Morgan fingerprint density at radius 2 is 2.04 bits per heavy atom. The maximum Gasteiger partial charge on any atom is 0.263 e. The van der Waals surface area contributed by atoms with Crippen LogP contribution in [0.15, 0.2) is 42.5 Å². The summed E-state index contributed by atoms with van der Waals surface area (Å²) in [5.41, 5.74) is 8.57. The standard InChI is InChI=1S/C18H19N3O2/c1-3-10-23-17-9-8-13(11-14(17)19)18(22)21-12(2)20-15-6-4-5-7-16(15)21/h4-9,11H,3,10,19H2,1-2H3. The van der Waals surface area contributed by atoms with E-state index in [1.807, 2.05) is 38.1 Å². The van der Waals surface area contributed by atoms with E-state index in [-0.39, 0.29) is 5.91 Å². The van der Waals surface area contributed by atoms with Crippen LogP contribution in [0.4, 0.5) is 5.69 Å². The number of hydrogen-bond acceptors (Lipinski definition) is 4. The summed E-state index contributed by atoms with van der Waals surface area (Å²) in [6.07, 6.45) is 0.903. The van der Waals surface area contributed by atoms with Crippen LogP contribution in [0.25, 0.3) is 11.0 Å². The lowest BCUT2D eigenvalue weighted by atomic mass is 10.1. The topological polar surface area (TPSA) is 70.1 Å². The van der Waals surface area contributed by atoms with Crippen LogP contribution in [-0.4, -0.2) is 22.1 Å². The van der Waals surface area contributed by atoms with Gasteiger partial charge in [0, 0.05) is 5.56 Å². The molecular weight excluding hydrogens is 290 g/mol. The van der Waals surface area contributed by atoms with Crippen molar-refractivity contribution in [2.24, 2.45) is 0 Å². The maximum absolute atomic E-state index is 12.8. The van der Waals surface area contributed by atoms with Gasteiger partial charge in [-0.1, -0.05) is 19.1 Å². The Labute approximate surface area is 134 Å². The summed E-state index contributed by atoms with van der Waals surface area (Å²) in [5.74, 6) is 1.11. The Morgan fingerprint density at radius 3 is 2.78 bits per heavy atom. The fourth-order valence-electron chi connectivity index (χ4n) is 2.56. The number of nitrogens with two attached hydrogens (primary N) is 1. The summed E-state index contributed by atoms with van der Waals surface area (Å²) >= 11 is 0. The molecule has 3 aromatic rings. The molecule has 0 unspecified atom stereocenters. The van der Waals surface area contributed by atoms with Crippen LogP contribution in [0.5, 0.6) is 5.75 Å². The number of hydrogen-bond donors (Lipinski definition) is 1. The van der Waals surface area contributed by atoms with E-state index in [1.165, 1.54) is 0 Å². The molecule has 0 atom stereocenters.